The van der Waals surface area contributed by atoms with Gasteiger partial charge in [-0.05, 0) is 19.1 Å². The number of fused-ring (bicyclic) bond motifs is 1. The molecule has 1 aromatic carbocycles. The number of carbonyl (C=O) groups is 1. The van der Waals surface area contributed by atoms with Gasteiger partial charge in [0, 0.05) is 12.5 Å². The highest BCUT2D eigenvalue weighted by Crippen LogP contribution is 2.30. The minimum Gasteiger partial charge on any atom is -0.497 e. The van der Waals surface area contributed by atoms with Crippen molar-refractivity contribution in [1.82, 2.24) is 0 Å². The standard InChI is InChI=1S/C11H12O3/c1-7-5-10(12)9-4-3-8(13-2)6-11(9)14-7/h3-4,6-7H,5H2,1-2H3. The quantitative estimate of drug-likeness (QED) is 0.683. The van der Waals surface area contributed by atoms with Crippen molar-refractivity contribution in [2.45, 2.75) is 19.4 Å². The van der Waals surface area contributed by atoms with Gasteiger partial charge in [0.15, 0.2) is 5.78 Å². The lowest BCUT2D eigenvalue weighted by molar-refractivity contribution is 0.0870. The van der Waals surface area contributed by atoms with Crippen molar-refractivity contribution < 1.29 is 14.3 Å². The topological polar surface area (TPSA) is 35.5 Å². The van der Waals surface area contributed by atoms with Gasteiger partial charge in [-0.3, -0.25) is 4.79 Å². The molecule has 1 aliphatic rings. The number of ketones is 1. The van der Waals surface area contributed by atoms with Crippen LogP contribution in [0.4, 0.5) is 0 Å². The van der Waals surface area contributed by atoms with E-state index in [0.29, 0.717) is 23.5 Å². The summed E-state index contributed by atoms with van der Waals surface area (Å²) in [6, 6.07) is 5.28. The second-order valence-electron chi connectivity index (χ2n) is 3.42. The van der Waals surface area contributed by atoms with E-state index >= 15 is 0 Å². The molecule has 3 heteroatoms. The molecule has 0 radical (unpaired) electrons. The SMILES string of the molecule is COc1ccc2c(c1)OC(C)CC2=O. The number of methoxy groups -OCH3 is 1. The maximum absolute atomic E-state index is 11.6. The molecule has 74 valence electrons. The summed E-state index contributed by atoms with van der Waals surface area (Å²) < 4.78 is 10.6. The third-order valence-electron chi connectivity index (χ3n) is 2.29. The minimum absolute atomic E-state index is 0.0397. The van der Waals surface area contributed by atoms with E-state index in [9.17, 15) is 4.79 Å². The van der Waals surface area contributed by atoms with Crippen LogP contribution in [0.15, 0.2) is 18.2 Å². The second kappa shape index (κ2) is 3.33. The Morgan fingerprint density at radius 3 is 3.00 bits per heavy atom. The fourth-order valence-corrected chi connectivity index (χ4v) is 1.59. The maximum atomic E-state index is 11.6. The predicted octanol–water partition coefficient (Wildman–Crippen LogP) is 2.05. The Kier molecular flexibility index (Phi) is 2.15. The lowest BCUT2D eigenvalue weighted by Gasteiger charge is -2.22. The molecule has 1 atom stereocenters. The average Bonchev–Trinajstić information content (AvgIpc) is 2.16. The first kappa shape index (κ1) is 9.06. The minimum atomic E-state index is -0.0397. The molecule has 0 spiro atoms. The molecule has 1 unspecified atom stereocenters. The molecule has 1 aliphatic heterocycles. The van der Waals surface area contributed by atoms with Gasteiger partial charge in [0.2, 0.25) is 0 Å². The fraction of sp³-hybridized carbons (Fsp3) is 0.364. The first-order valence-electron chi connectivity index (χ1n) is 4.58. The Labute approximate surface area is 82.6 Å². The Balaban J connectivity index is 2.44. The zero-order valence-corrected chi connectivity index (χ0v) is 8.24. The average molecular weight is 192 g/mol. The van der Waals surface area contributed by atoms with Crippen LogP contribution in [0.5, 0.6) is 11.5 Å². The number of hydrogen-bond donors (Lipinski definition) is 0. The number of hydrogen-bond acceptors (Lipinski definition) is 3. The maximum Gasteiger partial charge on any atom is 0.170 e. The van der Waals surface area contributed by atoms with Crippen molar-refractivity contribution in [3.63, 3.8) is 0 Å². The van der Waals surface area contributed by atoms with Crippen LogP contribution < -0.4 is 9.47 Å². The summed E-state index contributed by atoms with van der Waals surface area (Å²) in [5.74, 6) is 1.49. The van der Waals surface area contributed by atoms with Gasteiger partial charge in [-0.25, -0.2) is 0 Å². The first-order valence-corrected chi connectivity index (χ1v) is 4.58. The number of benzene rings is 1. The van der Waals surface area contributed by atoms with Crippen molar-refractivity contribution in [2.24, 2.45) is 0 Å². The highest BCUT2D eigenvalue weighted by Gasteiger charge is 2.23. The summed E-state index contributed by atoms with van der Waals surface area (Å²) in [7, 11) is 1.59. The third-order valence-corrected chi connectivity index (χ3v) is 2.29. The molecule has 0 fully saturated rings. The molecule has 0 N–H and O–H groups in total. The summed E-state index contributed by atoms with van der Waals surface area (Å²) in [6.07, 6.45) is 0.418. The summed E-state index contributed by atoms with van der Waals surface area (Å²) in [5, 5.41) is 0. The van der Waals surface area contributed by atoms with Crippen molar-refractivity contribution >= 4 is 5.78 Å². The molecular weight excluding hydrogens is 180 g/mol. The van der Waals surface area contributed by atoms with Gasteiger partial charge in [-0.15, -0.1) is 0 Å². The summed E-state index contributed by atoms with van der Waals surface area (Å²) in [5.41, 5.74) is 0.656. The van der Waals surface area contributed by atoms with Gasteiger partial charge in [0.05, 0.1) is 12.7 Å². The molecule has 1 aromatic rings. The van der Waals surface area contributed by atoms with Crippen molar-refractivity contribution in [3.8, 4) is 11.5 Å². The van der Waals surface area contributed by atoms with Gasteiger partial charge in [-0.1, -0.05) is 0 Å². The largest absolute Gasteiger partial charge is 0.497 e. The van der Waals surface area contributed by atoms with Crippen LogP contribution in [0.1, 0.15) is 23.7 Å². The van der Waals surface area contributed by atoms with E-state index in [1.807, 2.05) is 6.92 Å². The lowest BCUT2D eigenvalue weighted by Crippen LogP contribution is -2.23. The number of Topliss-reactive ketones (excluding diaryl/α,β-unsaturated/α-hetero) is 1. The molecule has 0 saturated heterocycles. The molecule has 0 amide bonds. The summed E-state index contributed by atoms with van der Waals surface area (Å²) in [4.78, 5) is 11.6. The Bertz CT molecular complexity index is 371. The summed E-state index contributed by atoms with van der Waals surface area (Å²) in [6.45, 7) is 1.89. The van der Waals surface area contributed by atoms with Crippen molar-refractivity contribution in [2.75, 3.05) is 7.11 Å². The normalized spacial score (nSPS) is 19.9. The molecule has 1 heterocycles. The molecule has 2 rings (SSSR count). The zero-order valence-electron chi connectivity index (χ0n) is 8.24. The molecule has 0 bridgehead atoms. The van der Waals surface area contributed by atoms with Crippen LogP contribution in [-0.4, -0.2) is 19.0 Å². The van der Waals surface area contributed by atoms with Crippen LogP contribution in [0.2, 0.25) is 0 Å². The molecule has 3 nitrogen and oxygen atoms in total. The van der Waals surface area contributed by atoms with E-state index in [-0.39, 0.29) is 11.9 Å². The second-order valence-corrected chi connectivity index (χ2v) is 3.42. The van der Waals surface area contributed by atoms with Crippen LogP contribution in [0.25, 0.3) is 0 Å². The van der Waals surface area contributed by atoms with Crippen LogP contribution in [0, 0.1) is 0 Å². The van der Waals surface area contributed by atoms with E-state index in [2.05, 4.69) is 0 Å². The van der Waals surface area contributed by atoms with Gasteiger partial charge >= 0.3 is 0 Å². The van der Waals surface area contributed by atoms with E-state index in [0.717, 1.165) is 0 Å². The summed E-state index contributed by atoms with van der Waals surface area (Å²) >= 11 is 0. The van der Waals surface area contributed by atoms with E-state index in [1.165, 1.54) is 0 Å². The first-order chi connectivity index (χ1) is 6.70. The lowest BCUT2D eigenvalue weighted by atomic mass is 10.0. The molecule has 0 saturated carbocycles. The van der Waals surface area contributed by atoms with Crippen molar-refractivity contribution in [3.05, 3.63) is 23.8 Å². The van der Waals surface area contributed by atoms with E-state index < -0.39 is 0 Å². The molecule has 0 aromatic heterocycles. The van der Waals surface area contributed by atoms with Crippen LogP contribution >= 0.6 is 0 Å². The Morgan fingerprint density at radius 2 is 2.29 bits per heavy atom. The number of rotatable bonds is 1. The van der Waals surface area contributed by atoms with Crippen LogP contribution in [0.3, 0.4) is 0 Å². The Morgan fingerprint density at radius 1 is 1.50 bits per heavy atom. The zero-order chi connectivity index (χ0) is 10.1. The van der Waals surface area contributed by atoms with Gasteiger partial charge in [0.25, 0.3) is 0 Å². The molecule has 0 aliphatic carbocycles. The Hall–Kier alpha value is -1.51. The number of carbonyl (C=O) groups excluding carboxylic acids is 1. The highest BCUT2D eigenvalue weighted by atomic mass is 16.5. The monoisotopic (exact) mass is 192 g/mol. The molecule has 14 heavy (non-hydrogen) atoms. The van der Waals surface area contributed by atoms with E-state index in [1.54, 1.807) is 25.3 Å². The van der Waals surface area contributed by atoms with Gasteiger partial charge in [0.1, 0.15) is 17.6 Å². The van der Waals surface area contributed by atoms with E-state index in [4.69, 9.17) is 9.47 Å². The van der Waals surface area contributed by atoms with Gasteiger partial charge < -0.3 is 9.47 Å². The fourth-order valence-electron chi connectivity index (χ4n) is 1.59. The number of ether oxygens (including phenoxy) is 2. The predicted molar refractivity (Wildman–Crippen MR) is 52.0 cm³/mol. The van der Waals surface area contributed by atoms with Crippen LogP contribution in [-0.2, 0) is 0 Å². The third kappa shape index (κ3) is 1.45. The highest BCUT2D eigenvalue weighted by molar-refractivity contribution is 6.00. The smallest absolute Gasteiger partial charge is 0.170 e. The van der Waals surface area contributed by atoms with Gasteiger partial charge in [-0.2, -0.15) is 0 Å². The van der Waals surface area contributed by atoms with Crippen molar-refractivity contribution in [1.29, 1.82) is 0 Å². The molecular formula is C11H12O3.